The van der Waals surface area contributed by atoms with Crippen LogP contribution in [0.1, 0.15) is 17.0 Å². The highest BCUT2D eigenvalue weighted by Gasteiger charge is 2.42. The van der Waals surface area contributed by atoms with Crippen molar-refractivity contribution in [2.75, 3.05) is 13.1 Å². The van der Waals surface area contributed by atoms with Gasteiger partial charge in [0.25, 0.3) is 0 Å². The molecule has 5 nitrogen and oxygen atoms in total. The predicted molar refractivity (Wildman–Crippen MR) is 75.3 cm³/mol. The van der Waals surface area contributed by atoms with E-state index < -0.39 is 5.92 Å². The first kappa shape index (κ1) is 12.4. The molecule has 1 saturated heterocycles. The van der Waals surface area contributed by atoms with E-state index in [1.807, 2.05) is 0 Å². The fourth-order valence-corrected chi connectivity index (χ4v) is 3.21. The number of aromatic nitrogens is 2. The lowest BCUT2D eigenvalue weighted by molar-refractivity contribution is -0.120. The molecule has 0 aliphatic carbocycles. The first-order valence-corrected chi connectivity index (χ1v) is 6.84. The maximum atomic E-state index is 14.3. The van der Waals surface area contributed by atoms with E-state index >= 15 is 0 Å². The van der Waals surface area contributed by atoms with Gasteiger partial charge in [-0.1, -0.05) is 18.2 Å². The van der Waals surface area contributed by atoms with Crippen LogP contribution in [0.15, 0.2) is 35.5 Å². The predicted octanol–water partition coefficient (Wildman–Crippen LogP) is 1.56. The van der Waals surface area contributed by atoms with Gasteiger partial charge < -0.3 is 5.32 Å². The molecule has 1 aromatic heterocycles. The summed E-state index contributed by atoms with van der Waals surface area (Å²) in [6.45, 7) is 0.835. The van der Waals surface area contributed by atoms with Gasteiger partial charge in [-0.25, -0.2) is 9.38 Å². The summed E-state index contributed by atoms with van der Waals surface area (Å²) in [5.41, 5.74) is 2.05. The van der Waals surface area contributed by atoms with Crippen molar-refractivity contribution in [2.24, 2.45) is 10.9 Å². The minimum Gasteiger partial charge on any atom is -0.305 e. The van der Waals surface area contributed by atoms with Crippen LogP contribution in [0.25, 0.3) is 0 Å². The molecule has 2 unspecified atom stereocenters. The number of H-pyrrole nitrogens is 1. The minimum atomic E-state index is -0.409. The Labute approximate surface area is 120 Å². The molecule has 0 amide bonds. The lowest BCUT2D eigenvalue weighted by Gasteiger charge is -2.34. The molecule has 0 radical (unpaired) electrons. The van der Waals surface area contributed by atoms with Crippen molar-refractivity contribution in [1.29, 1.82) is 0 Å². The second-order valence-electron chi connectivity index (χ2n) is 5.32. The Morgan fingerprint density at radius 1 is 1.14 bits per heavy atom. The highest BCUT2D eigenvalue weighted by molar-refractivity contribution is 6.11. The fourth-order valence-electron chi connectivity index (χ4n) is 3.21. The molecule has 0 spiro atoms. The Bertz CT molecular complexity index is 752. The van der Waals surface area contributed by atoms with Gasteiger partial charge in [-0.05, 0) is 11.6 Å². The van der Waals surface area contributed by atoms with Crippen LogP contribution in [-0.2, 0) is 4.79 Å². The number of carbonyl (C=O) groups is 1. The Balaban J connectivity index is 1.93. The van der Waals surface area contributed by atoms with Crippen LogP contribution < -0.4 is 5.32 Å². The molecule has 0 saturated carbocycles. The van der Waals surface area contributed by atoms with Gasteiger partial charge in [0.05, 0.1) is 18.7 Å². The Morgan fingerprint density at radius 2 is 2.00 bits per heavy atom. The molecule has 0 bridgehead atoms. The summed E-state index contributed by atoms with van der Waals surface area (Å²) < 4.78 is 14.3. The van der Waals surface area contributed by atoms with E-state index in [-0.39, 0.29) is 17.5 Å². The van der Waals surface area contributed by atoms with E-state index in [0.717, 1.165) is 11.3 Å². The van der Waals surface area contributed by atoms with Crippen LogP contribution in [0.3, 0.4) is 0 Å². The molecular weight excluding hydrogens is 271 g/mol. The zero-order chi connectivity index (χ0) is 14.4. The Kier molecular flexibility index (Phi) is 2.71. The molecule has 2 aliphatic rings. The van der Waals surface area contributed by atoms with Gasteiger partial charge in [-0.15, -0.1) is 0 Å². The number of piperidine rings is 1. The second-order valence-corrected chi connectivity index (χ2v) is 5.32. The van der Waals surface area contributed by atoms with Crippen LogP contribution >= 0.6 is 0 Å². The maximum absolute atomic E-state index is 14.3. The summed E-state index contributed by atoms with van der Waals surface area (Å²) in [6, 6.07) is 6.59. The van der Waals surface area contributed by atoms with E-state index in [9.17, 15) is 9.18 Å². The van der Waals surface area contributed by atoms with Gasteiger partial charge in [0.1, 0.15) is 5.82 Å². The third-order valence-corrected chi connectivity index (χ3v) is 4.12. The fraction of sp³-hybridized carbons (Fsp3) is 0.267. The Morgan fingerprint density at radius 3 is 2.86 bits per heavy atom. The smallest absolute Gasteiger partial charge is 0.156 e. The number of fused-ring (bicyclic) bond motifs is 2. The highest BCUT2D eigenvalue weighted by atomic mass is 19.1. The van der Waals surface area contributed by atoms with E-state index in [1.165, 1.54) is 6.07 Å². The standard InChI is InChI=1S/C15H13FN4O/c16-10-4-2-1-3-8(10)13-9-5-18-20-15(9)19-11-6-17-7-12(21)14(11)13/h1-5,13-14,17H,6-7H2,(H,18,20). The van der Waals surface area contributed by atoms with Crippen molar-refractivity contribution in [3.63, 3.8) is 0 Å². The normalized spacial score (nSPS) is 24.2. The van der Waals surface area contributed by atoms with Gasteiger partial charge in [0.2, 0.25) is 0 Å². The molecule has 2 N–H and O–H groups in total. The topological polar surface area (TPSA) is 70.1 Å². The van der Waals surface area contributed by atoms with Crippen LogP contribution in [0.5, 0.6) is 0 Å². The zero-order valence-corrected chi connectivity index (χ0v) is 11.1. The largest absolute Gasteiger partial charge is 0.305 e. The van der Waals surface area contributed by atoms with Crippen molar-refractivity contribution in [1.82, 2.24) is 15.5 Å². The average molecular weight is 284 g/mol. The van der Waals surface area contributed by atoms with E-state index in [4.69, 9.17) is 0 Å². The van der Waals surface area contributed by atoms with Crippen LogP contribution in [0.4, 0.5) is 10.2 Å². The molecule has 4 rings (SSSR count). The van der Waals surface area contributed by atoms with Gasteiger partial charge in [0, 0.05) is 23.7 Å². The summed E-state index contributed by atoms with van der Waals surface area (Å²) in [5.74, 6) is -0.413. The summed E-state index contributed by atoms with van der Waals surface area (Å²) in [6.07, 6.45) is 1.64. The van der Waals surface area contributed by atoms with E-state index in [2.05, 4.69) is 20.5 Å². The number of halogens is 1. The lowest BCUT2D eigenvalue weighted by Crippen LogP contribution is -2.48. The molecule has 6 heteroatoms. The maximum Gasteiger partial charge on any atom is 0.156 e. The van der Waals surface area contributed by atoms with Gasteiger partial charge in [-0.3, -0.25) is 9.89 Å². The van der Waals surface area contributed by atoms with Gasteiger partial charge in [0.15, 0.2) is 11.6 Å². The number of aliphatic imine (C=N–C) groups is 1. The Hall–Kier alpha value is -2.34. The third kappa shape index (κ3) is 1.83. The number of hydrogen-bond donors (Lipinski definition) is 2. The van der Waals surface area contributed by atoms with Crippen molar-refractivity contribution in [3.05, 3.63) is 47.4 Å². The molecule has 2 aliphatic heterocycles. The molecule has 21 heavy (non-hydrogen) atoms. The molecule has 1 fully saturated rings. The summed E-state index contributed by atoms with van der Waals surface area (Å²) in [5, 5.41) is 9.87. The second kappa shape index (κ2) is 4.60. The molecule has 1 aromatic carbocycles. The van der Waals surface area contributed by atoms with Crippen LogP contribution in [0, 0.1) is 11.7 Å². The summed E-state index contributed by atoms with van der Waals surface area (Å²) >= 11 is 0. The van der Waals surface area contributed by atoms with Crippen LogP contribution in [0.2, 0.25) is 0 Å². The SMILES string of the molecule is O=C1CNCC2=Nc3[nH]ncc3C(c3ccccc3F)C12. The molecule has 2 atom stereocenters. The monoisotopic (exact) mass is 284 g/mol. The van der Waals surface area contributed by atoms with Crippen LogP contribution in [-0.4, -0.2) is 34.8 Å². The molecule has 106 valence electrons. The quantitative estimate of drug-likeness (QED) is 0.835. The average Bonchev–Trinajstić information content (AvgIpc) is 2.94. The highest BCUT2D eigenvalue weighted by Crippen LogP contribution is 2.42. The first-order chi connectivity index (χ1) is 10.3. The van der Waals surface area contributed by atoms with E-state index in [0.29, 0.717) is 24.5 Å². The number of nitrogens with zero attached hydrogens (tertiary/aromatic N) is 2. The minimum absolute atomic E-state index is 0.0418. The van der Waals surface area contributed by atoms with Crippen molar-refractivity contribution in [3.8, 4) is 0 Å². The van der Waals surface area contributed by atoms with Gasteiger partial charge in [-0.2, -0.15) is 5.10 Å². The first-order valence-electron chi connectivity index (χ1n) is 6.84. The molecule has 2 aromatic rings. The van der Waals surface area contributed by atoms with Crippen molar-refractivity contribution < 1.29 is 9.18 Å². The van der Waals surface area contributed by atoms with E-state index in [1.54, 1.807) is 24.4 Å². The third-order valence-electron chi connectivity index (χ3n) is 4.12. The van der Waals surface area contributed by atoms with Gasteiger partial charge >= 0.3 is 0 Å². The number of Topliss-reactive ketones (excluding diaryl/α,β-unsaturated/α-hetero) is 1. The number of hydrogen-bond acceptors (Lipinski definition) is 4. The molecule has 3 heterocycles. The molecular formula is C15H13FN4O. The summed E-state index contributed by atoms with van der Waals surface area (Å²) in [7, 11) is 0. The number of ketones is 1. The van der Waals surface area contributed by atoms with Crippen molar-refractivity contribution in [2.45, 2.75) is 5.92 Å². The number of carbonyl (C=O) groups excluding carboxylic acids is 1. The lowest BCUT2D eigenvalue weighted by atomic mass is 9.73. The number of nitrogens with one attached hydrogen (secondary N) is 2. The van der Waals surface area contributed by atoms with Crippen molar-refractivity contribution >= 4 is 17.3 Å². The number of rotatable bonds is 1. The zero-order valence-electron chi connectivity index (χ0n) is 11.1. The number of benzene rings is 1. The number of aromatic amines is 1. The summed E-state index contributed by atoms with van der Waals surface area (Å²) in [4.78, 5) is 16.8.